The molecule has 0 radical (unpaired) electrons. The van der Waals surface area contributed by atoms with Gasteiger partial charge in [0.1, 0.15) is 5.82 Å². The number of benzene rings is 2. The number of rotatable bonds is 6. The van der Waals surface area contributed by atoms with Gasteiger partial charge < -0.3 is 19.4 Å². The van der Waals surface area contributed by atoms with E-state index in [-0.39, 0.29) is 5.56 Å². The molecule has 0 bridgehead atoms. The Bertz CT molecular complexity index is 1250. The zero-order chi connectivity index (χ0) is 21.3. The molecule has 0 amide bonds. The van der Waals surface area contributed by atoms with Crippen LogP contribution in [-0.4, -0.2) is 41.2 Å². The van der Waals surface area contributed by atoms with Gasteiger partial charge in [0.2, 0.25) is 5.95 Å². The summed E-state index contributed by atoms with van der Waals surface area (Å²) >= 11 is 0. The predicted molar refractivity (Wildman–Crippen MR) is 116 cm³/mol. The summed E-state index contributed by atoms with van der Waals surface area (Å²) in [5, 5.41) is 0.490. The fourth-order valence-electron chi connectivity index (χ4n) is 3.61. The standard InChI is InChI=1S/C22H23N5O3/c1-13-18-16(11-17(29-3)19(13)30-4)25-22(26-21(18)28)27(2)12-14-6-5-7-15(10-14)20-23-8-9-24-20/h5-11H,12H2,1-4H3,(H,23,24)(H,25,26,28). The van der Waals surface area contributed by atoms with Gasteiger partial charge in [0.15, 0.2) is 11.5 Å². The van der Waals surface area contributed by atoms with Crippen LogP contribution in [0.25, 0.3) is 22.3 Å². The number of nitrogens with one attached hydrogen (secondary N) is 2. The van der Waals surface area contributed by atoms with Gasteiger partial charge in [-0.05, 0) is 18.6 Å². The van der Waals surface area contributed by atoms with Crippen LogP contribution in [0, 0.1) is 6.92 Å². The molecule has 0 aliphatic rings. The van der Waals surface area contributed by atoms with Gasteiger partial charge in [0, 0.05) is 43.2 Å². The average molecular weight is 405 g/mol. The number of anilines is 1. The van der Waals surface area contributed by atoms with Crippen molar-refractivity contribution in [2.45, 2.75) is 13.5 Å². The van der Waals surface area contributed by atoms with Gasteiger partial charge in [-0.3, -0.25) is 9.78 Å². The van der Waals surface area contributed by atoms with E-state index in [1.165, 1.54) is 0 Å². The van der Waals surface area contributed by atoms with E-state index in [2.05, 4.69) is 26.0 Å². The van der Waals surface area contributed by atoms with E-state index in [1.807, 2.05) is 37.1 Å². The van der Waals surface area contributed by atoms with Crippen LogP contribution in [0.5, 0.6) is 11.5 Å². The fraction of sp³-hybridized carbons (Fsp3) is 0.227. The van der Waals surface area contributed by atoms with Gasteiger partial charge in [-0.1, -0.05) is 18.2 Å². The highest BCUT2D eigenvalue weighted by atomic mass is 16.5. The smallest absolute Gasteiger partial charge is 0.260 e. The highest BCUT2D eigenvalue weighted by molar-refractivity contribution is 5.86. The highest BCUT2D eigenvalue weighted by Gasteiger charge is 2.17. The number of aromatic amines is 2. The van der Waals surface area contributed by atoms with Crippen LogP contribution in [0.3, 0.4) is 0 Å². The molecule has 2 N–H and O–H groups in total. The molecule has 8 nitrogen and oxygen atoms in total. The van der Waals surface area contributed by atoms with Gasteiger partial charge in [-0.25, -0.2) is 9.97 Å². The number of aryl methyl sites for hydroxylation is 1. The Labute approximate surface area is 173 Å². The first-order chi connectivity index (χ1) is 14.5. The molecule has 0 spiro atoms. The summed E-state index contributed by atoms with van der Waals surface area (Å²) in [7, 11) is 5.00. The molecule has 4 aromatic rings. The summed E-state index contributed by atoms with van der Waals surface area (Å²) in [6, 6.07) is 9.80. The van der Waals surface area contributed by atoms with Gasteiger partial charge >= 0.3 is 0 Å². The molecule has 0 saturated heterocycles. The largest absolute Gasteiger partial charge is 0.493 e. The highest BCUT2D eigenvalue weighted by Crippen LogP contribution is 2.35. The van der Waals surface area contributed by atoms with Crippen molar-refractivity contribution in [2.75, 3.05) is 26.2 Å². The van der Waals surface area contributed by atoms with Crippen molar-refractivity contribution in [1.82, 2.24) is 19.9 Å². The lowest BCUT2D eigenvalue weighted by Crippen LogP contribution is -2.23. The van der Waals surface area contributed by atoms with Crippen molar-refractivity contribution in [3.05, 3.63) is 64.2 Å². The summed E-state index contributed by atoms with van der Waals surface area (Å²) in [6.07, 6.45) is 3.52. The third-order valence-electron chi connectivity index (χ3n) is 5.05. The molecule has 2 heterocycles. The Kier molecular flexibility index (Phi) is 5.14. The number of nitrogens with zero attached hydrogens (tertiary/aromatic N) is 3. The zero-order valence-corrected chi connectivity index (χ0v) is 17.3. The Morgan fingerprint density at radius 1 is 1.17 bits per heavy atom. The van der Waals surface area contributed by atoms with E-state index in [9.17, 15) is 4.79 Å². The number of aromatic nitrogens is 4. The maximum atomic E-state index is 12.8. The summed E-state index contributed by atoms with van der Waals surface area (Å²) in [5.74, 6) is 2.37. The second-order valence-corrected chi connectivity index (χ2v) is 7.01. The van der Waals surface area contributed by atoms with Crippen molar-refractivity contribution in [2.24, 2.45) is 0 Å². The lowest BCUT2D eigenvalue weighted by Gasteiger charge is -2.19. The van der Waals surface area contributed by atoms with Crippen LogP contribution < -0.4 is 19.9 Å². The number of hydrogen-bond acceptors (Lipinski definition) is 6. The van der Waals surface area contributed by atoms with Crippen LogP contribution in [-0.2, 0) is 6.54 Å². The molecule has 154 valence electrons. The molecule has 0 saturated carbocycles. The Morgan fingerprint density at radius 3 is 2.70 bits per heavy atom. The molecule has 4 rings (SSSR count). The van der Waals surface area contributed by atoms with E-state index in [0.717, 1.165) is 17.0 Å². The first kappa shape index (κ1) is 19.5. The van der Waals surface area contributed by atoms with Gasteiger partial charge in [0.25, 0.3) is 5.56 Å². The van der Waals surface area contributed by atoms with Crippen LogP contribution in [0.15, 0.2) is 47.5 Å². The van der Waals surface area contributed by atoms with Crippen LogP contribution in [0.2, 0.25) is 0 Å². The summed E-state index contributed by atoms with van der Waals surface area (Å²) in [5.41, 5.74) is 3.10. The van der Waals surface area contributed by atoms with Crippen molar-refractivity contribution in [3.63, 3.8) is 0 Å². The molecule has 0 atom stereocenters. The number of hydrogen-bond donors (Lipinski definition) is 2. The molecular weight excluding hydrogens is 382 g/mol. The normalized spacial score (nSPS) is 10.9. The molecule has 0 unspecified atom stereocenters. The average Bonchev–Trinajstić information content (AvgIpc) is 3.28. The monoisotopic (exact) mass is 405 g/mol. The summed E-state index contributed by atoms with van der Waals surface area (Å²) in [6.45, 7) is 2.39. The van der Waals surface area contributed by atoms with E-state index >= 15 is 0 Å². The minimum atomic E-state index is -0.218. The third-order valence-corrected chi connectivity index (χ3v) is 5.05. The summed E-state index contributed by atoms with van der Waals surface area (Å²) in [4.78, 5) is 29.7. The fourth-order valence-corrected chi connectivity index (χ4v) is 3.61. The van der Waals surface area contributed by atoms with Crippen LogP contribution in [0.4, 0.5) is 5.95 Å². The minimum absolute atomic E-state index is 0.218. The van der Waals surface area contributed by atoms with Crippen molar-refractivity contribution >= 4 is 16.9 Å². The maximum absolute atomic E-state index is 12.8. The Hall–Kier alpha value is -3.81. The SMILES string of the molecule is COc1cc2nc(N(C)Cc3cccc(-c4ncc[nH]4)c3)[nH]c(=O)c2c(C)c1OC. The zero-order valence-electron chi connectivity index (χ0n) is 17.3. The van der Waals surface area contributed by atoms with Crippen molar-refractivity contribution in [1.29, 1.82) is 0 Å². The Balaban J connectivity index is 1.69. The van der Waals surface area contributed by atoms with Crippen LogP contribution in [0.1, 0.15) is 11.1 Å². The first-order valence-electron chi connectivity index (χ1n) is 9.47. The molecule has 30 heavy (non-hydrogen) atoms. The minimum Gasteiger partial charge on any atom is -0.493 e. The van der Waals surface area contributed by atoms with Crippen LogP contribution >= 0.6 is 0 Å². The number of H-pyrrole nitrogens is 2. The van der Waals surface area contributed by atoms with E-state index in [4.69, 9.17) is 9.47 Å². The van der Waals surface area contributed by atoms with E-state index < -0.39 is 0 Å². The molecule has 0 aliphatic carbocycles. The van der Waals surface area contributed by atoms with Gasteiger partial charge in [0.05, 0.1) is 25.1 Å². The summed E-state index contributed by atoms with van der Waals surface area (Å²) < 4.78 is 10.8. The lowest BCUT2D eigenvalue weighted by atomic mass is 10.1. The predicted octanol–water partition coefficient (Wildman–Crippen LogP) is 3.28. The number of imidazole rings is 1. The molecule has 0 fully saturated rings. The lowest BCUT2D eigenvalue weighted by molar-refractivity contribution is 0.354. The maximum Gasteiger partial charge on any atom is 0.260 e. The van der Waals surface area contributed by atoms with Crippen molar-refractivity contribution < 1.29 is 9.47 Å². The second kappa shape index (κ2) is 7.90. The molecule has 8 heteroatoms. The number of methoxy groups -OCH3 is 2. The second-order valence-electron chi connectivity index (χ2n) is 7.01. The topological polar surface area (TPSA) is 96.1 Å². The third kappa shape index (κ3) is 3.47. The van der Waals surface area contributed by atoms with E-state index in [0.29, 0.717) is 40.5 Å². The number of fused-ring (bicyclic) bond motifs is 1. The van der Waals surface area contributed by atoms with Gasteiger partial charge in [-0.2, -0.15) is 0 Å². The molecule has 2 aromatic carbocycles. The number of ether oxygens (including phenoxy) is 2. The molecule has 2 aromatic heterocycles. The molecule has 0 aliphatic heterocycles. The van der Waals surface area contributed by atoms with E-state index in [1.54, 1.807) is 32.7 Å². The first-order valence-corrected chi connectivity index (χ1v) is 9.47. The Morgan fingerprint density at radius 2 is 2.00 bits per heavy atom. The van der Waals surface area contributed by atoms with Gasteiger partial charge in [-0.15, -0.1) is 0 Å². The van der Waals surface area contributed by atoms with Crippen molar-refractivity contribution in [3.8, 4) is 22.9 Å². The quantitative estimate of drug-likeness (QED) is 0.511. The molecular formula is C22H23N5O3.